The van der Waals surface area contributed by atoms with Crippen molar-refractivity contribution in [1.82, 2.24) is 19.9 Å². The molecule has 5 heterocycles. The van der Waals surface area contributed by atoms with Crippen LogP contribution in [-0.2, 0) is 25.7 Å². The third kappa shape index (κ3) is 11.1. The van der Waals surface area contributed by atoms with Crippen molar-refractivity contribution < 1.29 is 0 Å². The van der Waals surface area contributed by atoms with E-state index in [0.29, 0.717) is 0 Å². The Hall–Kier alpha value is -4.96. The van der Waals surface area contributed by atoms with E-state index in [1.54, 1.807) is 0 Å². The van der Waals surface area contributed by atoms with Gasteiger partial charge < -0.3 is 9.97 Å². The minimum Gasteiger partial charge on any atom is -0.354 e. The Morgan fingerprint density at radius 2 is 0.696 bits per heavy atom. The zero-order valence-electron chi connectivity index (χ0n) is 37.4. The fourth-order valence-corrected chi connectivity index (χ4v) is 7.17. The zero-order valence-corrected chi connectivity index (χ0v) is 37.4. The van der Waals surface area contributed by atoms with Gasteiger partial charge >= 0.3 is 0 Å². The molecular weight excluding hydrogens is 681 g/mol. The molecule has 300 valence electrons. The lowest BCUT2D eigenvalue weighted by atomic mass is 9.99. The number of aromatic nitrogens is 4. The monoisotopic (exact) mass is 753 g/mol. The van der Waals surface area contributed by atoms with E-state index in [1.165, 1.54) is 11.1 Å². The minimum absolute atomic E-state index is 0.862. The van der Waals surface area contributed by atoms with Gasteiger partial charge in [0.1, 0.15) is 0 Å². The van der Waals surface area contributed by atoms with Gasteiger partial charge in [0.2, 0.25) is 0 Å². The van der Waals surface area contributed by atoms with Crippen LogP contribution in [0, 0.1) is 0 Å². The first-order valence-corrected chi connectivity index (χ1v) is 21.5. The Labute approximate surface area is 340 Å². The Kier molecular flexibility index (Phi) is 21.3. The fourth-order valence-electron chi connectivity index (χ4n) is 7.17. The van der Waals surface area contributed by atoms with Gasteiger partial charge in [-0.2, -0.15) is 0 Å². The third-order valence-corrected chi connectivity index (χ3v) is 9.50. The molecular formula is C52H72N4. The van der Waals surface area contributed by atoms with Gasteiger partial charge in [-0.05, 0) is 127 Å². The van der Waals surface area contributed by atoms with Gasteiger partial charge in [0, 0.05) is 44.3 Å². The number of hydrogen-bond acceptors (Lipinski definition) is 2. The van der Waals surface area contributed by atoms with Crippen LogP contribution in [0.4, 0.5) is 0 Å². The Balaban J connectivity index is 0.00000172. The van der Waals surface area contributed by atoms with E-state index in [2.05, 4.69) is 163 Å². The van der Waals surface area contributed by atoms with E-state index < -0.39 is 0 Å². The topological polar surface area (TPSA) is 57.4 Å². The summed E-state index contributed by atoms with van der Waals surface area (Å²) in [5.74, 6) is 0. The standard InChI is InChI=1S/C46H54N4.3C2H6/c1-9-17-21-33(15-7)45-39-27-25-37(48-39)43(31(13-5)19-11-3)35-23-24-36(47-35)44(32(14-6)20-12-4)38-26-28-40(49-38)46(34(16-8)22-18-10-2)42-30-29-41(45)50-42;3*1-2/h11-24,29-30,47,50H,9-10,25-28H2,1-8H3;3*1-2H3/b19-11-,20-12-,21-17-,22-18-,31-13+,32-14+,33-15+,34-16+,43-35?,43-37?,44-36?,44-38?,45-39?,45-41?,46-40?,46-42?;;;. The summed E-state index contributed by atoms with van der Waals surface area (Å²) >= 11 is 0. The van der Waals surface area contributed by atoms with Crippen molar-refractivity contribution in [3.63, 3.8) is 0 Å². The van der Waals surface area contributed by atoms with Crippen molar-refractivity contribution in [1.29, 1.82) is 0 Å². The number of allylic oxidation sites excluding steroid dienone is 16. The van der Waals surface area contributed by atoms with Crippen LogP contribution in [0.1, 0.15) is 155 Å². The van der Waals surface area contributed by atoms with Crippen LogP contribution in [0.3, 0.4) is 0 Å². The van der Waals surface area contributed by atoms with Crippen LogP contribution in [0.15, 0.2) is 97.2 Å². The molecule has 8 bridgehead atoms. The molecule has 4 nitrogen and oxygen atoms in total. The molecule has 0 saturated carbocycles. The molecule has 56 heavy (non-hydrogen) atoms. The van der Waals surface area contributed by atoms with E-state index in [4.69, 9.17) is 9.97 Å². The Morgan fingerprint density at radius 1 is 0.446 bits per heavy atom. The molecule has 2 N–H and O–H groups in total. The molecule has 0 atom stereocenters. The van der Waals surface area contributed by atoms with Crippen LogP contribution in [0.2, 0.25) is 0 Å². The molecule has 0 radical (unpaired) electrons. The highest BCUT2D eigenvalue weighted by atomic mass is 14.8. The average molecular weight is 753 g/mol. The van der Waals surface area contributed by atoms with E-state index in [-0.39, 0.29) is 0 Å². The lowest BCUT2D eigenvalue weighted by molar-refractivity contribution is 1.02. The number of nitrogens with zero attached hydrogens (tertiary/aromatic N) is 2. The Bertz CT molecular complexity index is 1980. The smallest absolute Gasteiger partial charge is 0.0510 e. The molecule has 2 aliphatic heterocycles. The van der Waals surface area contributed by atoms with Gasteiger partial charge in [-0.15, -0.1) is 0 Å². The molecule has 4 heteroatoms. The van der Waals surface area contributed by atoms with Crippen molar-refractivity contribution in [3.8, 4) is 0 Å². The summed E-state index contributed by atoms with van der Waals surface area (Å²) in [7, 11) is 0. The van der Waals surface area contributed by atoms with Crippen molar-refractivity contribution in [2.75, 3.05) is 0 Å². The van der Waals surface area contributed by atoms with E-state index in [9.17, 15) is 0 Å². The predicted octanol–water partition coefficient (Wildman–Crippen LogP) is 15.7. The zero-order chi connectivity index (χ0) is 41.6. The van der Waals surface area contributed by atoms with Gasteiger partial charge in [0.15, 0.2) is 0 Å². The summed E-state index contributed by atoms with van der Waals surface area (Å²) in [6.07, 6.45) is 31.8. The second-order valence-electron chi connectivity index (χ2n) is 12.7. The number of hydrogen-bond donors (Lipinski definition) is 2. The van der Waals surface area contributed by atoms with Gasteiger partial charge in [0.25, 0.3) is 0 Å². The van der Waals surface area contributed by atoms with Crippen molar-refractivity contribution in [3.05, 3.63) is 142 Å². The Morgan fingerprint density at radius 3 is 0.911 bits per heavy atom. The van der Waals surface area contributed by atoms with Crippen LogP contribution in [0.5, 0.6) is 0 Å². The predicted molar refractivity (Wildman–Crippen MR) is 253 cm³/mol. The highest BCUT2D eigenvalue weighted by molar-refractivity contribution is 5.92. The SMILES string of the molecule is C/C=C\C(=C/C)c1c2nc(c(C(/C=C\CC)=C/C)c3ccc([nH]3)c(C(/C=C\CC)=C/C)c3nc(c(C(/C=C\C)=C/C)c4ccc1[nH]4)CC3)CC2.CC.CC.CC. The summed E-state index contributed by atoms with van der Waals surface area (Å²) in [5, 5.41) is 0. The summed E-state index contributed by atoms with van der Waals surface area (Å²) in [5.41, 5.74) is 18.1. The fraction of sp³-hybridized carbons (Fsp3) is 0.385. The summed E-state index contributed by atoms with van der Waals surface area (Å²) < 4.78 is 0. The quantitative estimate of drug-likeness (QED) is 0.203. The first kappa shape index (κ1) is 47.2. The van der Waals surface area contributed by atoms with Gasteiger partial charge in [-0.1, -0.05) is 128 Å². The van der Waals surface area contributed by atoms with Crippen LogP contribution < -0.4 is 0 Å². The molecule has 0 saturated heterocycles. The lowest BCUT2D eigenvalue weighted by Crippen LogP contribution is -1.93. The first-order chi connectivity index (χ1) is 27.5. The lowest BCUT2D eigenvalue weighted by Gasteiger charge is -2.08. The van der Waals surface area contributed by atoms with Crippen LogP contribution in [-0.4, -0.2) is 19.9 Å². The molecule has 0 spiro atoms. The summed E-state index contributed by atoms with van der Waals surface area (Å²) in [6, 6.07) is 8.94. The number of H-pyrrole nitrogens is 2. The van der Waals surface area contributed by atoms with Crippen molar-refractivity contribution in [2.45, 2.75) is 135 Å². The third-order valence-electron chi connectivity index (χ3n) is 9.50. The van der Waals surface area contributed by atoms with Gasteiger partial charge in [0.05, 0.1) is 22.8 Å². The molecule has 0 aliphatic carbocycles. The maximum Gasteiger partial charge on any atom is 0.0510 e. The number of nitrogens with one attached hydrogen (secondary N) is 2. The molecule has 0 amide bonds. The molecule has 3 aromatic rings. The summed E-state index contributed by atoms with van der Waals surface area (Å²) in [6.45, 7) is 29.0. The molecule has 2 aliphatic rings. The number of aryl methyl sites for hydroxylation is 4. The molecule has 3 aromatic heterocycles. The first-order valence-electron chi connectivity index (χ1n) is 21.5. The van der Waals surface area contributed by atoms with Crippen molar-refractivity contribution >= 4 is 44.4 Å². The highest BCUT2D eigenvalue weighted by Crippen LogP contribution is 2.35. The highest BCUT2D eigenvalue weighted by Gasteiger charge is 2.22. The number of rotatable bonds is 10. The second-order valence-corrected chi connectivity index (χ2v) is 12.7. The average Bonchev–Trinajstić information content (AvgIpc) is 4.09. The van der Waals surface area contributed by atoms with E-state index in [1.807, 2.05) is 41.5 Å². The second kappa shape index (κ2) is 25.2. The molecule has 0 fully saturated rings. The van der Waals surface area contributed by atoms with Crippen LogP contribution in [0.25, 0.3) is 44.4 Å². The molecule has 5 rings (SSSR count). The number of aromatic amines is 2. The van der Waals surface area contributed by atoms with E-state index in [0.717, 1.165) is 117 Å². The van der Waals surface area contributed by atoms with Crippen molar-refractivity contribution in [2.24, 2.45) is 0 Å². The summed E-state index contributed by atoms with van der Waals surface area (Å²) in [4.78, 5) is 18.8. The van der Waals surface area contributed by atoms with Crippen LogP contribution >= 0.6 is 0 Å². The maximum atomic E-state index is 5.51. The van der Waals surface area contributed by atoms with Gasteiger partial charge in [-0.3, -0.25) is 9.97 Å². The minimum atomic E-state index is 0.862. The van der Waals surface area contributed by atoms with Gasteiger partial charge in [-0.25, -0.2) is 0 Å². The molecule has 0 unspecified atom stereocenters. The largest absolute Gasteiger partial charge is 0.354 e. The number of fused-ring (bicyclic) bond motifs is 8. The molecule has 0 aromatic carbocycles. The van der Waals surface area contributed by atoms with E-state index >= 15 is 0 Å². The normalized spacial score (nSPS) is 13.9. The maximum absolute atomic E-state index is 5.51.